The van der Waals surface area contributed by atoms with Gasteiger partial charge in [0.2, 0.25) is 0 Å². The molecule has 3 aromatic rings. The van der Waals surface area contributed by atoms with E-state index in [0.29, 0.717) is 19.4 Å². The van der Waals surface area contributed by atoms with E-state index in [-0.39, 0.29) is 18.5 Å². The number of carbonyl (C=O) groups is 2. The number of carbonyl (C=O) groups excluding carboxylic acids is 2. The summed E-state index contributed by atoms with van der Waals surface area (Å²) in [4.78, 5) is 41.4. The Balaban J connectivity index is 1.35. The molecule has 34 heavy (non-hydrogen) atoms. The van der Waals surface area contributed by atoms with E-state index in [2.05, 4.69) is 27.0 Å². The maximum atomic E-state index is 13.8. The molecule has 0 saturated carbocycles. The van der Waals surface area contributed by atoms with E-state index in [1.54, 1.807) is 18.6 Å². The van der Waals surface area contributed by atoms with Crippen LogP contribution < -0.4 is 0 Å². The van der Waals surface area contributed by atoms with Crippen LogP contribution in [0.2, 0.25) is 0 Å². The summed E-state index contributed by atoms with van der Waals surface area (Å²) in [7, 11) is 0. The maximum absolute atomic E-state index is 13.8. The predicted octanol–water partition coefficient (Wildman–Crippen LogP) is 3.52. The summed E-state index contributed by atoms with van der Waals surface area (Å²) >= 11 is 0. The Morgan fingerprint density at radius 1 is 0.794 bits per heavy atom. The van der Waals surface area contributed by atoms with E-state index < -0.39 is 5.54 Å². The van der Waals surface area contributed by atoms with E-state index in [1.807, 2.05) is 53.4 Å². The average molecular weight is 456 g/mol. The molecule has 0 bridgehead atoms. The quantitative estimate of drug-likeness (QED) is 0.510. The SMILES string of the molecule is O=C1N(Cc2ccccn2)C(=O)C2(CCN(Cc3ccncc3)CC2)N1CCc1ccccc1. The number of nitrogens with zero attached hydrogens (tertiary/aromatic N) is 5. The van der Waals surface area contributed by atoms with Gasteiger partial charge in [-0.3, -0.25) is 24.6 Å². The fraction of sp³-hybridized carbons (Fsp3) is 0.333. The van der Waals surface area contributed by atoms with Crippen LogP contribution in [0.5, 0.6) is 0 Å². The standard InChI is InChI=1S/C27H29N5O2/c33-25-27(12-18-30(19-13-27)20-23-9-15-28-16-10-23)32(17-11-22-6-2-1-3-7-22)26(34)31(25)21-24-8-4-5-14-29-24/h1-10,14-16H,11-13,17-21H2. The lowest BCUT2D eigenvalue weighted by Gasteiger charge is -2.42. The van der Waals surface area contributed by atoms with Gasteiger partial charge in [0.1, 0.15) is 5.54 Å². The van der Waals surface area contributed by atoms with E-state index >= 15 is 0 Å². The van der Waals surface area contributed by atoms with Gasteiger partial charge in [-0.25, -0.2) is 4.79 Å². The molecule has 2 aromatic heterocycles. The third-order valence-corrected chi connectivity index (χ3v) is 6.97. The Hall–Kier alpha value is -3.58. The van der Waals surface area contributed by atoms with E-state index in [0.717, 1.165) is 37.3 Å². The van der Waals surface area contributed by atoms with Crippen molar-refractivity contribution in [2.24, 2.45) is 0 Å². The van der Waals surface area contributed by atoms with Crippen LogP contribution in [0.15, 0.2) is 79.3 Å². The second-order valence-corrected chi connectivity index (χ2v) is 9.05. The van der Waals surface area contributed by atoms with Gasteiger partial charge in [-0.15, -0.1) is 0 Å². The summed E-state index contributed by atoms with van der Waals surface area (Å²) in [6, 6.07) is 19.6. The first-order valence-corrected chi connectivity index (χ1v) is 11.8. The highest BCUT2D eigenvalue weighted by Gasteiger charge is 2.57. The minimum absolute atomic E-state index is 0.0835. The van der Waals surface area contributed by atoms with Gasteiger partial charge in [-0.1, -0.05) is 36.4 Å². The molecule has 7 nitrogen and oxygen atoms in total. The highest BCUT2D eigenvalue weighted by atomic mass is 16.2. The van der Waals surface area contributed by atoms with Gasteiger partial charge >= 0.3 is 6.03 Å². The minimum atomic E-state index is -0.782. The summed E-state index contributed by atoms with van der Waals surface area (Å²) in [5.74, 6) is -0.0835. The molecule has 7 heteroatoms. The van der Waals surface area contributed by atoms with Crippen molar-refractivity contribution in [2.75, 3.05) is 19.6 Å². The monoisotopic (exact) mass is 455 g/mol. The van der Waals surface area contributed by atoms with Crippen molar-refractivity contribution >= 4 is 11.9 Å². The largest absolute Gasteiger partial charge is 0.328 e. The predicted molar refractivity (Wildman–Crippen MR) is 129 cm³/mol. The van der Waals surface area contributed by atoms with Crippen LogP contribution in [-0.2, 0) is 24.3 Å². The Morgan fingerprint density at radius 2 is 1.53 bits per heavy atom. The molecule has 174 valence electrons. The Kier molecular flexibility index (Phi) is 6.36. The van der Waals surface area contributed by atoms with Crippen LogP contribution in [-0.4, -0.2) is 61.8 Å². The number of rotatable bonds is 7. The molecule has 5 rings (SSSR count). The normalized spacial score (nSPS) is 18.1. The molecule has 0 aliphatic carbocycles. The molecule has 0 N–H and O–H groups in total. The molecule has 3 amide bonds. The highest BCUT2D eigenvalue weighted by molar-refractivity contribution is 6.07. The lowest BCUT2D eigenvalue weighted by atomic mass is 9.85. The number of likely N-dealkylation sites (tertiary alicyclic amines) is 1. The number of piperidine rings is 1. The fourth-order valence-electron chi connectivity index (χ4n) is 5.08. The summed E-state index contributed by atoms with van der Waals surface area (Å²) in [5.41, 5.74) is 2.31. The molecular formula is C27H29N5O2. The third kappa shape index (κ3) is 4.43. The number of pyridine rings is 2. The number of amides is 3. The van der Waals surface area contributed by atoms with Crippen LogP contribution in [0.4, 0.5) is 4.79 Å². The summed E-state index contributed by atoms with van der Waals surface area (Å²) < 4.78 is 0. The zero-order chi connectivity index (χ0) is 23.4. The van der Waals surface area contributed by atoms with Gasteiger partial charge in [0.15, 0.2) is 0 Å². The molecule has 2 saturated heterocycles. The molecule has 2 aliphatic heterocycles. The van der Waals surface area contributed by atoms with Gasteiger partial charge in [0.25, 0.3) is 5.91 Å². The van der Waals surface area contributed by atoms with Crippen molar-refractivity contribution in [1.29, 1.82) is 0 Å². The maximum Gasteiger partial charge on any atom is 0.328 e. The molecular weight excluding hydrogens is 426 g/mol. The van der Waals surface area contributed by atoms with Crippen LogP contribution in [0.3, 0.4) is 0 Å². The number of urea groups is 1. The van der Waals surface area contributed by atoms with Crippen molar-refractivity contribution in [1.82, 2.24) is 24.7 Å². The highest BCUT2D eigenvalue weighted by Crippen LogP contribution is 2.38. The van der Waals surface area contributed by atoms with E-state index in [4.69, 9.17) is 0 Å². The summed E-state index contributed by atoms with van der Waals surface area (Å²) in [6.45, 7) is 3.09. The molecule has 1 aromatic carbocycles. The number of hydrogen-bond donors (Lipinski definition) is 0. The Bertz CT molecular complexity index is 1120. The van der Waals surface area contributed by atoms with Crippen molar-refractivity contribution in [3.8, 4) is 0 Å². The van der Waals surface area contributed by atoms with Crippen molar-refractivity contribution in [3.63, 3.8) is 0 Å². The van der Waals surface area contributed by atoms with Gasteiger partial charge < -0.3 is 4.90 Å². The first-order valence-electron chi connectivity index (χ1n) is 11.8. The molecule has 0 radical (unpaired) electrons. The smallest absolute Gasteiger partial charge is 0.309 e. The number of hydrogen-bond acceptors (Lipinski definition) is 5. The van der Waals surface area contributed by atoms with Crippen molar-refractivity contribution in [2.45, 2.75) is 37.9 Å². The van der Waals surface area contributed by atoms with Crippen LogP contribution >= 0.6 is 0 Å². The second kappa shape index (κ2) is 9.73. The van der Waals surface area contributed by atoms with Crippen LogP contribution in [0.1, 0.15) is 29.7 Å². The molecule has 2 fully saturated rings. The number of benzene rings is 1. The zero-order valence-electron chi connectivity index (χ0n) is 19.2. The van der Waals surface area contributed by atoms with Crippen LogP contribution in [0.25, 0.3) is 0 Å². The molecule has 0 unspecified atom stereocenters. The second-order valence-electron chi connectivity index (χ2n) is 9.05. The molecule has 1 spiro atoms. The van der Waals surface area contributed by atoms with Crippen molar-refractivity contribution < 1.29 is 9.59 Å². The fourth-order valence-corrected chi connectivity index (χ4v) is 5.08. The summed E-state index contributed by atoms with van der Waals surface area (Å²) in [5, 5.41) is 0. The lowest BCUT2D eigenvalue weighted by molar-refractivity contribution is -0.136. The van der Waals surface area contributed by atoms with Gasteiger partial charge in [0.05, 0.1) is 12.2 Å². The first kappa shape index (κ1) is 22.2. The average Bonchev–Trinajstić information content (AvgIpc) is 3.07. The van der Waals surface area contributed by atoms with Gasteiger partial charge in [-0.05, 0) is 54.7 Å². The number of imide groups is 1. The Labute approximate surface area is 200 Å². The first-order chi connectivity index (χ1) is 16.7. The van der Waals surface area contributed by atoms with E-state index in [9.17, 15) is 9.59 Å². The lowest BCUT2D eigenvalue weighted by Crippen LogP contribution is -2.56. The van der Waals surface area contributed by atoms with Crippen LogP contribution in [0, 0.1) is 0 Å². The zero-order valence-corrected chi connectivity index (χ0v) is 19.2. The topological polar surface area (TPSA) is 69.6 Å². The molecule has 0 atom stereocenters. The van der Waals surface area contributed by atoms with Crippen molar-refractivity contribution in [3.05, 3.63) is 96.1 Å². The third-order valence-electron chi connectivity index (χ3n) is 6.97. The Morgan fingerprint density at radius 3 is 2.24 bits per heavy atom. The van der Waals surface area contributed by atoms with E-state index in [1.165, 1.54) is 10.5 Å². The molecule has 4 heterocycles. The number of aromatic nitrogens is 2. The molecule has 2 aliphatic rings. The minimum Gasteiger partial charge on any atom is -0.309 e. The van der Waals surface area contributed by atoms with Gasteiger partial charge in [0, 0.05) is 44.8 Å². The summed E-state index contributed by atoms with van der Waals surface area (Å²) in [6.07, 6.45) is 7.30. The van der Waals surface area contributed by atoms with Gasteiger partial charge in [-0.2, -0.15) is 0 Å².